The number of carbonyl (C=O) groups excluding carboxylic acids is 1. The number of rotatable bonds is 9. The number of ether oxygens (including phenoxy) is 1. The van der Waals surface area contributed by atoms with Crippen LogP contribution in [0.5, 0.6) is 5.75 Å². The molecule has 4 aromatic rings. The third-order valence-corrected chi connectivity index (χ3v) is 6.16. The zero-order valence-corrected chi connectivity index (χ0v) is 18.7. The number of amides is 1. The lowest BCUT2D eigenvalue weighted by Crippen LogP contribution is -2.28. The van der Waals surface area contributed by atoms with Crippen LogP contribution in [0.3, 0.4) is 0 Å². The van der Waals surface area contributed by atoms with Crippen LogP contribution in [0, 0.1) is 6.92 Å². The molecular weight excluding hydrogens is 406 g/mol. The fourth-order valence-corrected chi connectivity index (χ4v) is 4.30. The number of aryl methyl sites for hydroxylation is 2. The molecule has 0 spiro atoms. The van der Waals surface area contributed by atoms with Gasteiger partial charge >= 0.3 is 0 Å². The van der Waals surface area contributed by atoms with Crippen LogP contribution >= 0.6 is 11.3 Å². The highest BCUT2D eigenvalue weighted by Crippen LogP contribution is 2.23. The van der Waals surface area contributed by atoms with Crippen molar-refractivity contribution in [1.82, 2.24) is 14.9 Å². The Morgan fingerprint density at radius 3 is 2.71 bits per heavy atom. The first kappa shape index (κ1) is 21.1. The number of hydrogen-bond acceptors (Lipinski definition) is 4. The van der Waals surface area contributed by atoms with Gasteiger partial charge in [0.15, 0.2) is 0 Å². The number of imidazole rings is 1. The molecule has 1 N–H and O–H groups in total. The van der Waals surface area contributed by atoms with Gasteiger partial charge in [-0.1, -0.05) is 36.4 Å². The lowest BCUT2D eigenvalue weighted by Gasteiger charge is -2.16. The quantitative estimate of drug-likeness (QED) is 0.342. The van der Waals surface area contributed by atoms with Gasteiger partial charge in [-0.2, -0.15) is 0 Å². The zero-order valence-electron chi connectivity index (χ0n) is 17.9. The van der Waals surface area contributed by atoms with Crippen molar-refractivity contribution < 1.29 is 9.53 Å². The van der Waals surface area contributed by atoms with E-state index in [0.717, 1.165) is 47.6 Å². The summed E-state index contributed by atoms with van der Waals surface area (Å²) in [5.41, 5.74) is 3.20. The molecule has 0 radical (unpaired) electrons. The van der Waals surface area contributed by atoms with Gasteiger partial charge in [0.2, 0.25) is 0 Å². The first-order valence-corrected chi connectivity index (χ1v) is 11.5. The number of nitrogens with one attached hydrogen (secondary N) is 1. The summed E-state index contributed by atoms with van der Waals surface area (Å²) in [7, 11) is 0. The molecule has 0 aliphatic rings. The standard InChI is InChI=1S/C25H27N3O2S/c1-18-10-3-6-13-22(18)30-16-8-7-15-28-21-12-5-4-11-20(21)27-24(28)19(2)26-25(29)23-14-9-17-31-23/h3-6,9-14,17,19H,7-8,15-16H2,1-2H3,(H,26,29). The van der Waals surface area contributed by atoms with E-state index >= 15 is 0 Å². The first-order chi connectivity index (χ1) is 15.1. The maximum Gasteiger partial charge on any atom is 0.261 e. The topological polar surface area (TPSA) is 56.1 Å². The van der Waals surface area contributed by atoms with E-state index in [2.05, 4.69) is 28.9 Å². The van der Waals surface area contributed by atoms with Crippen molar-refractivity contribution in [3.63, 3.8) is 0 Å². The molecule has 0 fully saturated rings. The van der Waals surface area contributed by atoms with Crippen LogP contribution in [-0.2, 0) is 6.54 Å². The number of para-hydroxylation sites is 3. The lowest BCUT2D eigenvalue weighted by atomic mass is 10.2. The van der Waals surface area contributed by atoms with Crippen LogP contribution in [0.2, 0.25) is 0 Å². The molecule has 4 rings (SSSR count). The summed E-state index contributed by atoms with van der Waals surface area (Å²) in [5.74, 6) is 1.76. The van der Waals surface area contributed by atoms with Crippen LogP contribution in [0.15, 0.2) is 66.0 Å². The Hall–Kier alpha value is -3.12. The number of aromatic nitrogens is 2. The highest BCUT2D eigenvalue weighted by Gasteiger charge is 2.19. The summed E-state index contributed by atoms with van der Waals surface area (Å²) in [5, 5.41) is 5.00. The third kappa shape index (κ3) is 4.97. The van der Waals surface area contributed by atoms with Gasteiger partial charge in [-0.15, -0.1) is 11.3 Å². The van der Waals surface area contributed by atoms with Gasteiger partial charge in [0.25, 0.3) is 5.91 Å². The van der Waals surface area contributed by atoms with E-state index < -0.39 is 0 Å². The minimum Gasteiger partial charge on any atom is -0.493 e. The van der Waals surface area contributed by atoms with E-state index in [1.165, 1.54) is 11.3 Å². The normalized spacial score (nSPS) is 12.1. The van der Waals surface area contributed by atoms with Crippen molar-refractivity contribution in [1.29, 1.82) is 0 Å². The predicted octanol–water partition coefficient (Wildman–Crippen LogP) is 5.76. The fraction of sp³-hybridized carbons (Fsp3) is 0.280. The van der Waals surface area contributed by atoms with E-state index in [0.29, 0.717) is 11.5 Å². The van der Waals surface area contributed by atoms with E-state index in [4.69, 9.17) is 9.72 Å². The fourth-order valence-electron chi connectivity index (χ4n) is 3.67. The molecule has 2 aromatic carbocycles. The van der Waals surface area contributed by atoms with E-state index in [-0.39, 0.29) is 11.9 Å². The molecule has 0 saturated heterocycles. The van der Waals surface area contributed by atoms with Crippen LogP contribution in [0.25, 0.3) is 11.0 Å². The van der Waals surface area contributed by atoms with Crippen molar-refractivity contribution >= 4 is 28.3 Å². The van der Waals surface area contributed by atoms with Crippen molar-refractivity contribution in [3.05, 3.63) is 82.3 Å². The van der Waals surface area contributed by atoms with Crippen molar-refractivity contribution in [2.75, 3.05) is 6.61 Å². The molecule has 1 unspecified atom stereocenters. The molecule has 5 nitrogen and oxygen atoms in total. The molecule has 0 saturated carbocycles. The maximum absolute atomic E-state index is 12.5. The smallest absolute Gasteiger partial charge is 0.261 e. The second kappa shape index (κ2) is 9.79. The summed E-state index contributed by atoms with van der Waals surface area (Å²) in [6.07, 6.45) is 1.90. The van der Waals surface area contributed by atoms with E-state index in [1.54, 1.807) is 0 Å². The highest BCUT2D eigenvalue weighted by molar-refractivity contribution is 7.12. The molecule has 1 amide bonds. The summed E-state index contributed by atoms with van der Waals surface area (Å²) in [4.78, 5) is 18.1. The molecule has 2 aromatic heterocycles. The number of benzene rings is 2. The van der Waals surface area contributed by atoms with Crippen LogP contribution in [0.4, 0.5) is 0 Å². The van der Waals surface area contributed by atoms with E-state index in [1.807, 2.05) is 60.8 Å². The molecule has 1 atom stereocenters. The maximum atomic E-state index is 12.5. The summed E-state index contributed by atoms with van der Waals surface area (Å²) in [6, 6.07) is 19.8. The van der Waals surface area contributed by atoms with E-state index in [9.17, 15) is 4.79 Å². The first-order valence-electron chi connectivity index (χ1n) is 10.6. The molecular formula is C25H27N3O2S. The monoisotopic (exact) mass is 433 g/mol. The Morgan fingerprint density at radius 1 is 1.10 bits per heavy atom. The SMILES string of the molecule is Cc1ccccc1OCCCCn1c(C(C)NC(=O)c2cccs2)nc2ccccc21. The molecule has 6 heteroatoms. The molecule has 160 valence electrons. The van der Waals surface area contributed by atoms with Gasteiger partial charge in [-0.05, 0) is 61.9 Å². The zero-order chi connectivity index (χ0) is 21.6. The minimum absolute atomic E-state index is 0.0623. The molecule has 0 bridgehead atoms. The third-order valence-electron chi connectivity index (χ3n) is 5.29. The minimum atomic E-state index is -0.190. The second-order valence-electron chi connectivity index (χ2n) is 7.60. The number of fused-ring (bicyclic) bond motifs is 1. The van der Waals surface area contributed by atoms with Gasteiger partial charge in [0.1, 0.15) is 11.6 Å². The van der Waals surface area contributed by atoms with Crippen LogP contribution < -0.4 is 10.1 Å². The molecule has 0 aliphatic heterocycles. The number of thiophene rings is 1. The van der Waals surface area contributed by atoms with Crippen LogP contribution in [-0.4, -0.2) is 22.1 Å². The van der Waals surface area contributed by atoms with Crippen molar-refractivity contribution in [2.45, 2.75) is 39.3 Å². The Balaban J connectivity index is 1.42. The number of hydrogen-bond donors (Lipinski definition) is 1. The van der Waals surface area contributed by atoms with Crippen molar-refractivity contribution in [2.24, 2.45) is 0 Å². The number of carbonyl (C=O) groups is 1. The van der Waals surface area contributed by atoms with Crippen molar-refractivity contribution in [3.8, 4) is 5.75 Å². The summed E-state index contributed by atoms with van der Waals surface area (Å²) < 4.78 is 8.16. The molecule has 2 heterocycles. The largest absolute Gasteiger partial charge is 0.493 e. The number of nitrogens with zero attached hydrogens (tertiary/aromatic N) is 2. The lowest BCUT2D eigenvalue weighted by molar-refractivity contribution is 0.0941. The van der Waals surface area contributed by atoms with Gasteiger partial charge in [0.05, 0.1) is 28.6 Å². The average molecular weight is 434 g/mol. The Kier molecular flexibility index (Phi) is 6.67. The predicted molar refractivity (Wildman–Crippen MR) is 126 cm³/mol. The molecule has 31 heavy (non-hydrogen) atoms. The summed E-state index contributed by atoms with van der Waals surface area (Å²) in [6.45, 7) is 5.55. The summed E-state index contributed by atoms with van der Waals surface area (Å²) >= 11 is 1.44. The Morgan fingerprint density at radius 2 is 1.90 bits per heavy atom. The van der Waals surface area contributed by atoms with Gasteiger partial charge in [0, 0.05) is 6.54 Å². The van der Waals surface area contributed by atoms with Gasteiger partial charge in [-0.25, -0.2) is 4.98 Å². The van der Waals surface area contributed by atoms with Crippen LogP contribution in [0.1, 0.15) is 46.9 Å². The van der Waals surface area contributed by atoms with Gasteiger partial charge < -0.3 is 14.6 Å². The number of unbranched alkanes of at least 4 members (excludes halogenated alkanes) is 1. The van der Waals surface area contributed by atoms with Gasteiger partial charge in [-0.3, -0.25) is 4.79 Å². The average Bonchev–Trinajstić information content (AvgIpc) is 3.43. The Labute approximate surface area is 186 Å². The highest BCUT2D eigenvalue weighted by atomic mass is 32.1. The second-order valence-corrected chi connectivity index (χ2v) is 8.55. The molecule has 0 aliphatic carbocycles. The Bertz CT molecular complexity index is 1150.